The van der Waals surface area contributed by atoms with E-state index in [-0.39, 0.29) is 40.0 Å². The summed E-state index contributed by atoms with van der Waals surface area (Å²) in [7, 11) is -2.67. The first-order chi connectivity index (χ1) is 12.3. The van der Waals surface area contributed by atoms with Gasteiger partial charge in [-0.25, -0.2) is 8.42 Å². The summed E-state index contributed by atoms with van der Waals surface area (Å²) in [6.07, 6.45) is -0.0603. The molecule has 0 amide bonds. The topological polar surface area (TPSA) is 83.9 Å². The third-order valence-corrected chi connectivity index (χ3v) is 6.10. The van der Waals surface area contributed by atoms with E-state index in [0.717, 1.165) is 4.31 Å². The number of carboxylic acids is 1. The molecule has 0 aliphatic carbocycles. The van der Waals surface area contributed by atoms with Crippen molar-refractivity contribution in [1.82, 2.24) is 0 Å². The van der Waals surface area contributed by atoms with Crippen molar-refractivity contribution in [2.45, 2.75) is 17.7 Å². The molecule has 140 valence electrons. The first-order valence-electron chi connectivity index (χ1n) is 7.60. The Balaban J connectivity index is 2.55. The number of rotatable bonds is 8. The van der Waals surface area contributed by atoms with Gasteiger partial charge in [0, 0.05) is 18.0 Å². The highest BCUT2D eigenvalue weighted by molar-refractivity contribution is 7.93. The molecule has 0 spiro atoms. The minimum atomic E-state index is -4.09. The fourth-order valence-corrected chi connectivity index (χ4v) is 4.63. The summed E-state index contributed by atoms with van der Waals surface area (Å²) >= 11 is 12.0. The van der Waals surface area contributed by atoms with Crippen LogP contribution in [0.1, 0.15) is 12.8 Å². The number of carbonyl (C=O) groups is 1. The number of nitrogens with zero attached hydrogens (tertiary/aromatic N) is 1. The van der Waals surface area contributed by atoms with Gasteiger partial charge in [-0.05, 0) is 36.8 Å². The smallest absolute Gasteiger partial charge is 0.303 e. The highest BCUT2D eigenvalue weighted by atomic mass is 35.5. The van der Waals surface area contributed by atoms with Crippen LogP contribution in [0.25, 0.3) is 0 Å². The monoisotopic (exact) mass is 417 g/mol. The lowest BCUT2D eigenvalue weighted by molar-refractivity contribution is -0.137. The fourth-order valence-electron chi connectivity index (χ4n) is 2.37. The number of benzene rings is 2. The van der Waals surface area contributed by atoms with E-state index in [2.05, 4.69) is 0 Å². The molecule has 0 saturated carbocycles. The molecular formula is C17H17Cl2NO5S. The van der Waals surface area contributed by atoms with E-state index in [1.54, 1.807) is 24.3 Å². The molecule has 9 heteroatoms. The number of anilines is 1. The number of hydrogen-bond acceptors (Lipinski definition) is 4. The second-order valence-corrected chi connectivity index (χ2v) is 8.00. The molecule has 26 heavy (non-hydrogen) atoms. The molecule has 0 heterocycles. The summed E-state index contributed by atoms with van der Waals surface area (Å²) in [6.45, 7) is -0.0577. The average molecular weight is 418 g/mol. The van der Waals surface area contributed by atoms with Crippen LogP contribution in [-0.4, -0.2) is 33.1 Å². The van der Waals surface area contributed by atoms with Crippen molar-refractivity contribution in [3.05, 3.63) is 52.5 Å². The predicted molar refractivity (Wildman–Crippen MR) is 101 cm³/mol. The van der Waals surface area contributed by atoms with E-state index in [1.165, 1.54) is 25.3 Å². The molecule has 2 aromatic rings. The molecule has 1 N–H and O–H groups in total. The summed E-state index contributed by atoms with van der Waals surface area (Å²) in [6, 6.07) is 10.7. The second-order valence-electron chi connectivity index (χ2n) is 5.32. The van der Waals surface area contributed by atoms with Gasteiger partial charge in [0.1, 0.15) is 10.6 Å². The molecule has 2 rings (SSSR count). The lowest BCUT2D eigenvalue weighted by atomic mass is 10.2. The van der Waals surface area contributed by atoms with Crippen molar-refractivity contribution in [3.63, 3.8) is 0 Å². The van der Waals surface area contributed by atoms with Crippen LogP contribution in [0.15, 0.2) is 47.4 Å². The zero-order valence-electron chi connectivity index (χ0n) is 13.9. The van der Waals surface area contributed by atoms with Crippen LogP contribution in [0, 0.1) is 0 Å². The number of carboxylic acid groups (broad SMARTS) is 1. The maximum Gasteiger partial charge on any atom is 0.303 e. The van der Waals surface area contributed by atoms with Crippen LogP contribution in [0.4, 0.5) is 5.69 Å². The fraction of sp³-hybridized carbons (Fsp3) is 0.235. The summed E-state index contributed by atoms with van der Waals surface area (Å²) in [5.41, 5.74) is 0.288. The van der Waals surface area contributed by atoms with Crippen molar-refractivity contribution in [1.29, 1.82) is 0 Å². The van der Waals surface area contributed by atoms with Crippen LogP contribution in [-0.2, 0) is 14.8 Å². The molecule has 0 aliphatic heterocycles. The predicted octanol–water partition coefficient (Wildman–Crippen LogP) is 4.06. The largest absolute Gasteiger partial charge is 0.495 e. The van der Waals surface area contributed by atoms with Gasteiger partial charge in [0.2, 0.25) is 0 Å². The van der Waals surface area contributed by atoms with Crippen LogP contribution in [0.2, 0.25) is 10.0 Å². The molecule has 0 aliphatic rings. The lowest BCUT2D eigenvalue weighted by Gasteiger charge is -2.26. The molecule has 6 nitrogen and oxygen atoms in total. The standard InChI is InChI=1S/C17H17Cl2NO5S/c1-25-15-6-3-2-5-14(15)20(10-4-7-17(21)22)26(23,24)16-11-12(18)8-9-13(16)19/h2-3,5-6,8-9,11H,4,7,10H2,1H3,(H,21,22). The number of ether oxygens (including phenoxy) is 1. The molecule has 0 radical (unpaired) electrons. The SMILES string of the molecule is COc1ccccc1N(CCCC(=O)O)S(=O)(=O)c1cc(Cl)ccc1Cl. The van der Waals surface area contributed by atoms with E-state index in [9.17, 15) is 13.2 Å². The number of para-hydroxylation sites is 2. The van der Waals surface area contributed by atoms with Gasteiger partial charge in [0.25, 0.3) is 10.0 Å². The number of hydrogen-bond donors (Lipinski definition) is 1. The van der Waals surface area contributed by atoms with Gasteiger partial charge in [0.05, 0.1) is 17.8 Å². The Kier molecular flexibility index (Phi) is 6.75. The first kappa shape index (κ1) is 20.4. The van der Waals surface area contributed by atoms with E-state index in [1.807, 2.05) is 0 Å². The van der Waals surface area contributed by atoms with Crippen LogP contribution < -0.4 is 9.04 Å². The van der Waals surface area contributed by atoms with Crippen molar-refractivity contribution < 1.29 is 23.1 Å². The Bertz CT molecular complexity index is 902. The zero-order valence-corrected chi connectivity index (χ0v) is 16.2. The summed E-state index contributed by atoms with van der Waals surface area (Å²) < 4.78 is 32.8. The van der Waals surface area contributed by atoms with Gasteiger partial charge in [-0.3, -0.25) is 9.10 Å². The van der Waals surface area contributed by atoms with Gasteiger partial charge in [-0.15, -0.1) is 0 Å². The Labute approximate surface area is 162 Å². The molecule has 0 aromatic heterocycles. The van der Waals surface area contributed by atoms with Gasteiger partial charge >= 0.3 is 5.97 Å². The van der Waals surface area contributed by atoms with Gasteiger partial charge < -0.3 is 9.84 Å². The van der Waals surface area contributed by atoms with E-state index < -0.39 is 16.0 Å². The quantitative estimate of drug-likeness (QED) is 0.699. The Morgan fingerprint density at radius 3 is 2.54 bits per heavy atom. The van der Waals surface area contributed by atoms with Crippen LogP contribution in [0.5, 0.6) is 5.75 Å². The summed E-state index contributed by atoms with van der Waals surface area (Å²) in [5.74, 6) is -0.673. The van der Waals surface area contributed by atoms with Crippen molar-refractivity contribution in [2.75, 3.05) is 18.0 Å². The number of aliphatic carboxylic acids is 1. The normalized spacial score (nSPS) is 11.2. The van der Waals surface area contributed by atoms with E-state index >= 15 is 0 Å². The minimum absolute atomic E-state index is 0.0209. The third kappa shape index (κ3) is 4.60. The van der Waals surface area contributed by atoms with E-state index in [4.69, 9.17) is 33.0 Å². The maximum atomic E-state index is 13.2. The molecule has 0 fully saturated rings. The summed E-state index contributed by atoms with van der Waals surface area (Å²) in [4.78, 5) is 10.7. The Morgan fingerprint density at radius 2 is 1.88 bits per heavy atom. The average Bonchev–Trinajstić information content (AvgIpc) is 2.60. The van der Waals surface area contributed by atoms with E-state index in [0.29, 0.717) is 5.75 Å². The van der Waals surface area contributed by atoms with Crippen molar-refractivity contribution in [2.24, 2.45) is 0 Å². The number of sulfonamides is 1. The molecule has 2 aromatic carbocycles. The molecular weight excluding hydrogens is 401 g/mol. The maximum absolute atomic E-state index is 13.2. The van der Waals surface area contributed by atoms with Gasteiger partial charge in [-0.1, -0.05) is 35.3 Å². The first-order valence-corrected chi connectivity index (χ1v) is 9.79. The highest BCUT2D eigenvalue weighted by Gasteiger charge is 2.29. The minimum Gasteiger partial charge on any atom is -0.495 e. The molecule has 0 atom stereocenters. The summed E-state index contributed by atoms with van der Waals surface area (Å²) in [5, 5.41) is 9.11. The zero-order chi connectivity index (χ0) is 19.3. The number of methoxy groups -OCH3 is 1. The molecule has 0 bridgehead atoms. The number of halogens is 2. The van der Waals surface area contributed by atoms with Gasteiger partial charge in [0.15, 0.2) is 0 Å². The lowest BCUT2D eigenvalue weighted by Crippen LogP contribution is -2.33. The van der Waals surface area contributed by atoms with Crippen molar-refractivity contribution >= 4 is 44.9 Å². The highest BCUT2D eigenvalue weighted by Crippen LogP contribution is 2.35. The van der Waals surface area contributed by atoms with Crippen LogP contribution >= 0.6 is 23.2 Å². The third-order valence-electron chi connectivity index (χ3n) is 3.57. The molecule has 0 saturated heterocycles. The Hall–Kier alpha value is -1.96. The molecule has 0 unspecified atom stereocenters. The van der Waals surface area contributed by atoms with Gasteiger partial charge in [-0.2, -0.15) is 0 Å². The Morgan fingerprint density at radius 1 is 1.19 bits per heavy atom. The van der Waals surface area contributed by atoms with Crippen molar-refractivity contribution in [3.8, 4) is 5.75 Å². The van der Waals surface area contributed by atoms with Crippen LogP contribution in [0.3, 0.4) is 0 Å². The second kappa shape index (κ2) is 8.62.